The smallest absolute Gasteiger partial charge is 0.124 e. The molecule has 1 fully saturated rings. The Morgan fingerprint density at radius 1 is 0.733 bits per heavy atom. The van der Waals surface area contributed by atoms with Gasteiger partial charge in [0.1, 0.15) is 11.4 Å². The minimum atomic E-state index is -1.06. The molecule has 5 atom stereocenters. The van der Waals surface area contributed by atoms with Crippen LogP contribution in [0.5, 0.6) is 5.75 Å². The van der Waals surface area contributed by atoms with Crippen LogP contribution in [0.15, 0.2) is 84.9 Å². The molecule has 0 bridgehead atoms. The molecule has 0 spiro atoms. The van der Waals surface area contributed by atoms with Crippen molar-refractivity contribution in [3.05, 3.63) is 102 Å². The molecule has 1 aliphatic rings. The number of ether oxygens (including phenoxy) is 1. The third-order valence-electron chi connectivity index (χ3n) is 7.03. The van der Waals surface area contributed by atoms with Crippen LogP contribution >= 0.6 is 0 Å². The molecule has 0 amide bonds. The van der Waals surface area contributed by atoms with Crippen molar-refractivity contribution in [2.45, 2.75) is 31.5 Å². The van der Waals surface area contributed by atoms with Crippen LogP contribution in [-0.4, -0.2) is 24.2 Å². The van der Waals surface area contributed by atoms with Crippen molar-refractivity contribution in [3.8, 4) is 5.75 Å². The molecule has 3 heteroatoms. The first kappa shape index (κ1) is 20.6. The normalized spacial score (nSPS) is 29.5. The van der Waals surface area contributed by atoms with E-state index in [0.29, 0.717) is 0 Å². The lowest BCUT2D eigenvalue weighted by atomic mass is 9.62. The van der Waals surface area contributed by atoms with E-state index < -0.39 is 5.60 Å². The van der Waals surface area contributed by atoms with E-state index in [1.54, 1.807) is 7.11 Å². The van der Waals surface area contributed by atoms with Crippen LogP contribution in [0.3, 0.4) is 0 Å². The Bertz CT molecular complexity index is 919. The Morgan fingerprint density at radius 3 is 1.63 bits per heavy atom. The quantitative estimate of drug-likeness (QED) is 0.619. The maximum absolute atomic E-state index is 12.5. The standard InChI is InChI=1S/C27H31NO2/c1-19-25(21-13-7-5-8-14-21)28(3)26(22-15-9-6-10-16-22)20(2)27(19,29)23-17-11-12-18-24(23)30-4/h5-20,25-26,29H,1-4H3/t19-,20-,25-,26+,27?/m0/s1. The van der Waals surface area contributed by atoms with Crippen LogP contribution < -0.4 is 4.74 Å². The third kappa shape index (κ3) is 3.23. The van der Waals surface area contributed by atoms with Crippen molar-refractivity contribution in [1.82, 2.24) is 4.90 Å². The van der Waals surface area contributed by atoms with Gasteiger partial charge in [0.2, 0.25) is 0 Å². The molecule has 4 rings (SSSR count). The molecule has 30 heavy (non-hydrogen) atoms. The monoisotopic (exact) mass is 401 g/mol. The fourth-order valence-corrected chi connectivity index (χ4v) is 5.59. The van der Waals surface area contributed by atoms with E-state index >= 15 is 0 Å². The summed E-state index contributed by atoms with van der Waals surface area (Å²) in [6.45, 7) is 4.33. The molecule has 3 aromatic carbocycles. The van der Waals surface area contributed by atoms with E-state index in [4.69, 9.17) is 4.74 Å². The minimum Gasteiger partial charge on any atom is -0.496 e. The van der Waals surface area contributed by atoms with Crippen molar-refractivity contribution >= 4 is 0 Å². The number of benzene rings is 3. The van der Waals surface area contributed by atoms with Gasteiger partial charge >= 0.3 is 0 Å². The number of hydrogen-bond acceptors (Lipinski definition) is 3. The summed E-state index contributed by atoms with van der Waals surface area (Å²) < 4.78 is 5.70. The molecule has 3 nitrogen and oxygen atoms in total. The van der Waals surface area contributed by atoms with Gasteiger partial charge in [-0.05, 0) is 24.2 Å². The van der Waals surface area contributed by atoms with Gasteiger partial charge in [0, 0.05) is 29.5 Å². The number of para-hydroxylation sites is 1. The lowest BCUT2D eigenvalue weighted by molar-refractivity contribution is -0.162. The molecule has 1 aliphatic heterocycles. The fourth-order valence-electron chi connectivity index (χ4n) is 5.59. The van der Waals surface area contributed by atoms with E-state index in [2.05, 4.69) is 74.3 Å². The molecule has 1 N–H and O–H groups in total. The molecule has 3 aromatic rings. The highest BCUT2D eigenvalue weighted by molar-refractivity contribution is 5.42. The molecule has 0 aromatic heterocycles. The zero-order valence-corrected chi connectivity index (χ0v) is 18.2. The highest BCUT2D eigenvalue weighted by atomic mass is 16.5. The van der Waals surface area contributed by atoms with Crippen LogP contribution in [0.25, 0.3) is 0 Å². The zero-order chi connectivity index (χ0) is 21.3. The van der Waals surface area contributed by atoms with Crippen molar-refractivity contribution in [2.24, 2.45) is 11.8 Å². The number of piperidine rings is 1. The summed E-state index contributed by atoms with van der Waals surface area (Å²) in [5.41, 5.74) is 2.24. The van der Waals surface area contributed by atoms with E-state index in [9.17, 15) is 5.11 Å². The molecular weight excluding hydrogens is 370 g/mol. The van der Waals surface area contributed by atoms with E-state index in [-0.39, 0.29) is 23.9 Å². The van der Waals surface area contributed by atoms with Crippen LogP contribution in [0.2, 0.25) is 0 Å². The fraction of sp³-hybridized carbons (Fsp3) is 0.333. The summed E-state index contributed by atoms with van der Waals surface area (Å²) in [6, 6.07) is 29.1. The van der Waals surface area contributed by atoms with Gasteiger partial charge in [0.05, 0.1) is 7.11 Å². The van der Waals surface area contributed by atoms with E-state index in [1.165, 1.54) is 11.1 Å². The Hall–Kier alpha value is -2.62. The largest absolute Gasteiger partial charge is 0.496 e. The molecular formula is C27H31NO2. The molecule has 1 saturated heterocycles. The molecule has 0 radical (unpaired) electrons. The van der Waals surface area contributed by atoms with Crippen LogP contribution in [0, 0.1) is 11.8 Å². The second-order valence-electron chi connectivity index (χ2n) is 8.48. The van der Waals surface area contributed by atoms with Crippen LogP contribution in [-0.2, 0) is 5.60 Å². The molecule has 1 unspecified atom stereocenters. The van der Waals surface area contributed by atoms with Crippen LogP contribution in [0.1, 0.15) is 42.6 Å². The predicted octanol–water partition coefficient (Wildman–Crippen LogP) is 5.58. The highest BCUT2D eigenvalue weighted by Crippen LogP contribution is 2.57. The van der Waals surface area contributed by atoms with E-state index in [1.807, 2.05) is 36.4 Å². The summed E-state index contributed by atoms with van der Waals surface area (Å²) in [7, 11) is 3.86. The Kier molecular flexibility index (Phi) is 5.68. The SMILES string of the molecule is COc1ccccc1C1(O)[C@@H](C)[C@@H](c2ccccc2)N(C)[C@@H](c2ccccc2)[C@@H]1C. The Balaban J connectivity index is 1.93. The summed E-state index contributed by atoms with van der Waals surface area (Å²) >= 11 is 0. The third-order valence-corrected chi connectivity index (χ3v) is 7.03. The van der Waals surface area contributed by atoms with Crippen molar-refractivity contribution < 1.29 is 9.84 Å². The zero-order valence-electron chi connectivity index (χ0n) is 18.2. The van der Waals surface area contributed by atoms with Crippen molar-refractivity contribution in [1.29, 1.82) is 0 Å². The average Bonchev–Trinajstić information content (AvgIpc) is 2.79. The highest BCUT2D eigenvalue weighted by Gasteiger charge is 2.55. The van der Waals surface area contributed by atoms with Gasteiger partial charge in [-0.3, -0.25) is 4.90 Å². The number of aliphatic hydroxyl groups is 1. The second kappa shape index (κ2) is 8.25. The lowest BCUT2D eigenvalue weighted by Crippen LogP contribution is -2.56. The summed E-state index contributed by atoms with van der Waals surface area (Å²) in [5, 5.41) is 12.5. The maximum atomic E-state index is 12.5. The molecule has 0 saturated carbocycles. The summed E-state index contributed by atoms with van der Waals surface area (Å²) in [5.74, 6) is 0.647. The first-order valence-corrected chi connectivity index (χ1v) is 10.7. The minimum absolute atomic E-state index is 0.0452. The van der Waals surface area contributed by atoms with Crippen LogP contribution in [0.4, 0.5) is 0 Å². The topological polar surface area (TPSA) is 32.7 Å². The number of methoxy groups -OCH3 is 1. The number of nitrogens with zero attached hydrogens (tertiary/aromatic N) is 1. The molecule has 0 aliphatic carbocycles. The van der Waals surface area contributed by atoms with Gasteiger partial charge in [-0.1, -0.05) is 92.7 Å². The first-order chi connectivity index (χ1) is 14.5. The first-order valence-electron chi connectivity index (χ1n) is 10.7. The number of hydrogen-bond donors (Lipinski definition) is 1. The average molecular weight is 402 g/mol. The molecule has 1 heterocycles. The number of rotatable bonds is 4. The van der Waals surface area contributed by atoms with Gasteiger partial charge < -0.3 is 9.84 Å². The van der Waals surface area contributed by atoms with E-state index in [0.717, 1.165) is 11.3 Å². The summed E-state index contributed by atoms with van der Waals surface area (Å²) in [6.07, 6.45) is 0. The molecule has 156 valence electrons. The maximum Gasteiger partial charge on any atom is 0.124 e. The van der Waals surface area contributed by atoms with Gasteiger partial charge in [0.15, 0.2) is 0 Å². The Morgan fingerprint density at radius 2 is 1.17 bits per heavy atom. The van der Waals surface area contributed by atoms with Crippen molar-refractivity contribution in [2.75, 3.05) is 14.2 Å². The Labute approximate surface area is 179 Å². The van der Waals surface area contributed by atoms with Gasteiger partial charge in [0.25, 0.3) is 0 Å². The van der Waals surface area contributed by atoms with Gasteiger partial charge in [-0.2, -0.15) is 0 Å². The van der Waals surface area contributed by atoms with Crippen molar-refractivity contribution in [3.63, 3.8) is 0 Å². The lowest BCUT2D eigenvalue weighted by Gasteiger charge is -2.56. The second-order valence-corrected chi connectivity index (χ2v) is 8.48. The van der Waals surface area contributed by atoms with Gasteiger partial charge in [-0.15, -0.1) is 0 Å². The van der Waals surface area contributed by atoms with Gasteiger partial charge in [-0.25, -0.2) is 0 Å². The predicted molar refractivity (Wildman–Crippen MR) is 121 cm³/mol. The number of likely N-dealkylation sites (tertiary alicyclic amines) is 1. The summed E-state index contributed by atoms with van der Waals surface area (Å²) in [4.78, 5) is 2.43.